The van der Waals surface area contributed by atoms with Gasteiger partial charge < -0.3 is 10.1 Å². The molecule has 2 N–H and O–H groups in total. The predicted octanol–water partition coefficient (Wildman–Crippen LogP) is 2.39. The molecule has 0 saturated heterocycles. The zero-order valence-corrected chi connectivity index (χ0v) is 11.7. The monoisotopic (exact) mass is 263 g/mol. The molecule has 0 aliphatic heterocycles. The number of anilines is 1. The maximum absolute atomic E-state index is 11.9. The van der Waals surface area contributed by atoms with Gasteiger partial charge in [-0.3, -0.25) is 5.32 Å². The van der Waals surface area contributed by atoms with Crippen molar-refractivity contribution in [1.29, 1.82) is 0 Å². The van der Waals surface area contributed by atoms with Crippen molar-refractivity contribution in [2.75, 3.05) is 12.4 Å². The number of rotatable bonds is 3. The average Bonchev–Trinajstić information content (AvgIpc) is 2.74. The number of urea groups is 1. The molecule has 0 spiro atoms. The normalized spacial score (nSPS) is 22.3. The van der Waals surface area contributed by atoms with Gasteiger partial charge in [-0.2, -0.15) is 0 Å². The third kappa shape index (κ3) is 3.67. The van der Waals surface area contributed by atoms with E-state index in [4.69, 9.17) is 4.74 Å². The van der Waals surface area contributed by atoms with Crippen LogP contribution in [0.5, 0.6) is 0 Å². The molecule has 0 aromatic carbocycles. The van der Waals surface area contributed by atoms with Crippen LogP contribution in [0.1, 0.15) is 30.5 Å². The van der Waals surface area contributed by atoms with E-state index in [9.17, 15) is 4.79 Å². The van der Waals surface area contributed by atoms with Crippen molar-refractivity contribution in [2.24, 2.45) is 0 Å². The molecule has 2 amide bonds. The zero-order chi connectivity index (χ0) is 13.8. The van der Waals surface area contributed by atoms with Crippen LogP contribution in [0.2, 0.25) is 0 Å². The number of ether oxygens (including phenoxy) is 1. The number of carbonyl (C=O) groups is 1. The van der Waals surface area contributed by atoms with E-state index in [-0.39, 0.29) is 18.2 Å². The van der Waals surface area contributed by atoms with Gasteiger partial charge in [0.15, 0.2) is 0 Å². The van der Waals surface area contributed by atoms with Gasteiger partial charge in [0.2, 0.25) is 0 Å². The number of pyridine rings is 1. The number of aromatic nitrogens is 1. The van der Waals surface area contributed by atoms with Gasteiger partial charge >= 0.3 is 6.03 Å². The van der Waals surface area contributed by atoms with E-state index >= 15 is 0 Å². The molecular weight excluding hydrogens is 242 g/mol. The van der Waals surface area contributed by atoms with Crippen LogP contribution in [0.25, 0.3) is 0 Å². The van der Waals surface area contributed by atoms with Crippen molar-refractivity contribution in [1.82, 2.24) is 10.3 Å². The number of hydrogen-bond acceptors (Lipinski definition) is 3. The van der Waals surface area contributed by atoms with Crippen molar-refractivity contribution >= 4 is 11.8 Å². The number of nitrogens with zero attached hydrogens (tertiary/aromatic N) is 1. The molecule has 1 saturated carbocycles. The SMILES string of the molecule is COC1CCCC1NC(=O)Nc1cc(C)cc(C)n1. The van der Waals surface area contributed by atoms with E-state index in [2.05, 4.69) is 15.6 Å². The lowest BCUT2D eigenvalue weighted by atomic mass is 10.2. The molecule has 1 fully saturated rings. The number of carbonyl (C=O) groups excluding carboxylic acids is 1. The fraction of sp³-hybridized carbons (Fsp3) is 0.571. The number of methoxy groups -OCH3 is 1. The Morgan fingerprint density at radius 3 is 2.84 bits per heavy atom. The minimum atomic E-state index is -0.216. The largest absolute Gasteiger partial charge is 0.379 e. The maximum atomic E-state index is 11.9. The minimum Gasteiger partial charge on any atom is -0.379 e. The Balaban J connectivity index is 1.93. The summed E-state index contributed by atoms with van der Waals surface area (Å²) in [5.74, 6) is 0.585. The molecule has 1 aromatic rings. The number of hydrogen-bond donors (Lipinski definition) is 2. The summed E-state index contributed by atoms with van der Waals surface area (Å²) in [4.78, 5) is 16.2. The second kappa shape index (κ2) is 6.02. The molecule has 1 heterocycles. The Kier molecular flexibility index (Phi) is 4.37. The van der Waals surface area contributed by atoms with Crippen LogP contribution < -0.4 is 10.6 Å². The maximum Gasteiger partial charge on any atom is 0.320 e. The fourth-order valence-corrected chi connectivity index (χ4v) is 2.60. The molecule has 0 radical (unpaired) electrons. The standard InChI is InChI=1S/C14H21N3O2/c1-9-7-10(2)15-13(8-9)17-14(18)16-11-5-4-6-12(11)19-3/h7-8,11-12H,4-6H2,1-3H3,(H2,15,16,17,18). The highest BCUT2D eigenvalue weighted by Gasteiger charge is 2.28. The fourth-order valence-electron chi connectivity index (χ4n) is 2.60. The van der Waals surface area contributed by atoms with E-state index in [0.29, 0.717) is 5.82 Å². The highest BCUT2D eigenvalue weighted by molar-refractivity contribution is 5.88. The van der Waals surface area contributed by atoms with Gasteiger partial charge in [-0.25, -0.2) is 9.78 Å². The molecule has 1 aliphatic rings. The van der Waals surface area contributed by atoms with Crippen LogP contribution in [0.3, 0.4) is 0 Å². The lowest BCUT2D eigenvalue weighted by Crippen LogP contribution is -2.43. The van der Waals surface area contributed by atoms with E-state index in [1.165, 1.54) is 0 Å². The first kappa shape index (κ1) is 13.8. The molecule has 5 nitrogen and oxygen atoms in total. The van der Waals surface area contributed by atoms with Crippen LogP contribution in [-0.4, -0.2) is 30.3 Å². The second-order valence-corrected chi connectivity index (χ2v) is 5.08. The number of amides is 2. The quantitative estimate of drug-likeness (QED) is 0.880. The van der Waals surface area contributed by atoms with Crippen molar-refractivity contribution in [3.63, 3.8) is 0 Å². The summed E-state index contributed by atoms with van der Waals surface area (Å²) in [6.07, 6.45) is 3.18. The summed E-state index contributed by atoms with van der Waals surface area (Å²) in [6.45, 7) is 3.89. The van der Waals surface area contributed by atoms with E-state index < -0.39 is 0 Å². The molecule has 1 aliphatic carbocycles. The summed E-state index contributed by atoms with van der Waals surface area (Å²) in [7, 11) is 1.69. The van der Waals surface area contributed by atoms with Crippen LogP contribution in [0, 0.1) is 13.8 Å². The first-order valence-electron chi connectivity index (χ1n) is 6.64. The predicted molar refractivity (Wildman–Crippen MR) is 74.3 cm³/mol. The van der Waals surface area contributed by atoms with Crippen molar-refractivity contribution < 1.29 is 9.53 Å². The summed E-state index contributed by atoms with van der Waals surface area (Å²) in [5.41, 5.74) is 1.98. The van der Waals surface area contributed by atoms with Crippen LogP contribution in [0.4, 0.5) is 10.6 Å². The Morgan fingerprint density at radius 1 is 1.37 bits per heavy atom. The zero-order valence-electron chi connectivity index (χ0n) is 11.7. The highest BCUT2D eigenvalue weighted by atomic mass is 16.5. The molecule has 5 heteroatoms. The van der Waals surface area contributed by atoms with Crippen molar-refractivity contribution in [3.8, 4) is 0 Å². The van der Waals surface area contributed by atoms with Gasteiger partial charge in [0, 0.05) is 12.8 Å². The molecule has 2 atom stereocenters. The molecule has 2 rings (SSSR count). The van der Waals surface area contributed by atoms with Gasteiger partial charge in [0.25, 0.3) is 0 Å². The third-order valence-electron chi connectivity index (χ3n) is 3.41. The summed E-state index contributed by atoms with van der Waals surface area (Å²) < 4.78 is 5.35. The Bertz CT molecular complexity index is 442. The topological polar surface area (TPSA) is 63.2 Å². The van der Waals surface area contributed by atoms with E-state index in [1.54, 1.807) is 7.11 Å². The Hall–Kier alpha value is -1.62. The highest BCUT2D eigenvalue weighted by Crippen LogP contribution is 2.21. The summed E-state index contributed by atoms with van der Waals surface area (Å²) in [6, 6.07) is 3.71. The van der Waals surface area contributed by atoms with Crippen molar-refractivity contribution in [3.05, 3.63) is 23.4 Å². The van der Waals surface area contributed by atoms with Crippen molar-refractivity contribution in [2.45, 2.75) is 45.3 Å². The van der Waals surface area contributed by atoms with E-state index in [0.717, 1.165) is 30.5 Å². The Labute approximate surface area is 113 Å². The van der Waals surface area contributed by atoms with Crippen LogP contribution in [-0.2, 0) is 4.74 Å². The molecule has 104 valence electrons. The van der Waals surface area contributed by atoms with E-state index in [1.807, 2.05) is 26.0 Å². The first-order valence-corrected chi connectivity index (χ1v) is 6.64. The smallest absolute Gasteiger partial charge is 0.320 e. The lowest BCUT2D eigenvalue weighted by Gasteiger charge is -2.19. The Morgan fingerprint density at radius 2 is 2.16 bits per heavy atom. The number of nitrogens with one attached hydrogen (secondary N) is 2. The lowest BCUT2D eigenvalue weighted by molar-refractivity contribution is 0.0882. The van der Waals surface area contributed by atoms with Gasteiger partial charge in [-0.05, 0) is 50.8 Å². The summed E-state index contributed by atoms with van der Waals surface area (Å²) >= 11 is 0. The molecule has 0 bridgehead atoms. The van der Waals surface area contributed by atoms with Gasteiger partial charge in [-0.1, -0.05) is 0 Å². The average molecular weight is 263 g/mol. The molecular formula is C14H21N3O2. The first-order chi connectivity index (χ1) is 9.08. The molecule has 2 unspecified atom stereocenters. The molecule has 19 heavy (non-hydrogen) atoms. The summed E-state index contributed by atoms with van der Waals surface area (Å²) in [5, 5.41) is 5.73. The van der Waals surface area contributed by atoms with Crippen LogP contribution in [0.15, 0.2) is 12.1 Å². The van der Waals surface area contributed by atoms with Gasteiger partial charge in [-0.15, -0.1) is 0 Å². The number of aryl methyl sites for hydroxylation is 2. The molecule has 1 aromatic heterocycles. The van der Waals surface area contributed by atoms with Gasteiger partial charge in [0.05, 0.1) is 12.1 Å². The third-order valence-corrected chi connectivity index (χ3v) is 3.41. The van der Waals surface area contributed by atoms with Gasteiger partial charge in [0.1, 0.15) is 5.82 Å². The minimum absolute atomic E-state index is 0.0934. The second-order valence-electron chi connectivity index (χ2n) is 5.08. The van der Waals surface area contributed by atoms with Crippen LogP contribution >= 0.6 is 0 Å².